The molecule has 0 amide bonds. The standard InChI is InChI=1S/C12H22N2/c1-10(2)11(3,4)8-14-9-12(7-13)5-6-12/h10,14H,5-6,8-9H2,1-4H3. The monoisotopic (exact) mass is 194 g/mol. The van der Waals surface area contributed by atoms with Crippen molar-refractivity contribution in [3.8, 4) is 6.07 Å². The zero-order chi connectivity index (χ0) is 10.8. The predicted octanol–water partition coefficient (Wildman–Crippen LogP) is 2.56. The molecule has 1 saturated carbocycles. The molecule has 2 heteroatoms. The third kappa shape index (κ3) is 2.72. The van der Waals surface area contributed by atoms with E-state index >= 15 is 0 Å². The van der Waals surface area contributed by atoms with Crippen molar-refractivity contribution in [3.05, 3.63) is 0 Å². The summed E-state index contributed by atoms with van der Waals surface area (Å²) in [5.41, 5.74) is 0.318. The van der Waals surface area contributed by atoms with Crippen LogP contribution in [0.4, 0.5) is 0 Å². The van der Waals surface area contributed by atoms with Crippen LogP contribution in [0.15, 0.2) is 0 Å². The van der Waals surface area contributed by atoms with Gasteiger partial charge in [-0.15, -0.1) is 0 Å². The van der Waals surface area contributed by atoms with Gasteiger partial charge in [-0.2, -0.15) is 5.26 Å². The minimum absolute atomic E-state index is 0.00689. The van der Waals surface area contributed by atoms with Gasteiger partial charge in [-0.05, 0) is 24.2 Å². The molecule has 0 atom stereocenters. The Morgan fingerprint density at radius 2 is 2.00 bits per heavy atom. The Morgan fingerprint density at radius 1 is 1.43 bits per heavy atom. The number of hydrogen-bond acceptors (Lipinski definition) is 2. The van der Waals surface area contributed by atoms with E-state index in [4.69, 9.17) is 5.26 Å². The van der Waals surface area contributed by atoms with Crippen LogP contribution >= 0.6 is 0 Å². The van der Waals surface area contributed by atoms with Crippen LogP contribution < -0.4 is 5.32 Å². The van der Waals surface area contributed by atoms with E-state index in [-0.39, 0.29) is 5.41 Å². The lowest BCUT2D eigenvalue weighted by atomic mass is 9.81. The summed E-state index contributed by atoms with van der Waals surface area (Å²) < 4.78 is 0. The quantitative estimate of drug-likeness (QED) is 0.730. The SMILES string of the molecule is CC(C)C(C)(C)CNCC1(C#N)CC1. The molecule has 0 aromatic rings. The van der Waals surface area contributed by atoms with Crippen LogP contribution in [-0.4, -0.2) is 13.1 Å². The molecule has 0 radical (unpaired) electrons. The third-order valence-corrected chi connectivity index (χ3v) is 3.70. The molecule has 0 heterocycles. The van der Waals surface area contributed by atoms with Gasteiger partial charge in [0.05, 0.1) is 11.5 Å². The van der Waals surface area contributed by atoms with Crippen molar-refractivity contribution < 1.29 is 0 Å². The second-order valence-corrected chi connectivity index (χ2v) is 5.64. The summed E-state index contributed by atoms with van der Waals surface area (Å²) in [6.45, 7) is 10.9. The molecule has 0 saturated heterocycles. The Hall–Kier alpha value is -0.550. The summed E-state index contributed by atoms with van der Waals surface area (Å²) >= 11 is 0. The Bertz CT molecular complexity index is 231. The third-order valence-electron chi connectivity index (χ3n) is 3.70. The second kappa shape index (κ2) is 3.90. The Labute approximate surface area is 87.7 Å². The number of nitrogens with zero attached hydrogens (tertiary/aromatic N) is 1. The Kier molecular flexibility index (Phi) is 3.21. The lowest BCUT2D eigenvalue weighted by molar-refractivity contribution is 0.235. The molecule has 0 aliphatic heterocycles. The molecule has 1 fully saturated rings. The summed E-state index contributed by atoms with van der Waals surface area (Å²) in [5, 5.41) is 12.3. The van der Waals surface area contributed by atoms with E-state index in [0.29, 0.717) is 11.3 Å². The average molecular weight is 194 g/mol. The first-order chi connectivity index (χ1) is 6.42. The molecule has 80 valence electrons. The van der Waals surface area contributed by atoms with E-state index in [0.717, 1.165) is 25.9 Å². The average Bonchev–Trinajstić information content (AvgIpc) is 2.85. The van der Waals surface area contributed by atoms with Crippen molar-refractivity contribution in [1.29, 1.82) is 5.26 Å². The van der Waals surface area contributed by atoms with Crippen LogP contribution in [-0.2, 0) is 0 Å². The van der Waals surface area contributed by atoms with Gasteiger partial charge in [0.25, 0.3) is 0 Å². The minimum Gasteiger partial charge on any atom is -0.315 e. The zero-order valence-corrected chi connectivity index (χ0v) is 9.85. The molecule has 1 rings (SSSR count). The van der Waals surface area contributed by atoms with Gasteiger partial charge in [0.15, 0.2) is 0 Å². The smallest absolute Gasteiger partial charge is 0.0703 e. The van der Waals surface area contributed by atoms with Gasteiger partial charge in [0.1, 0.15) is 0 Å². The largest absolute Gasteiger partial charge is 0.315 e. The fraction of sp³-hybridized carbons (Fsp3) is 0.917. The van der Waals surface area contributed by atoms with Crippen LogP contribution in [0.2, 0.25) is 0 Å². The molecule has 0 aromatic heterocycles. The number of rotatable bonds is 5. The first-order valence-corrected chi connectivity index (χ1v) is 5.54. The summed E-state index contributed by atoms with van der Waals surface area (Å²) in [6.07, 6.45) is 2.16. The molecule has 14 heavy (non-hydrogen) atoms. The molecule has 1 aliphatic carbocycles. The molecule has 0 spiro atoms. The van der Waals surface area contributed by atoms with Crippen molar-refractivity contribution >= 4 is 0 Å². The van der Waals surface area contributed by atoms with E-state index in [1.807, 2.05) is 0 Å². The van der Waals surface area contributed by atoms with Crippen LogP contribution in [0.5, 0.6) is 0 Å². The van der Waals surface area contributed by atoms with Gasteiger partial charge in [0.2, 0.25) is 0 Å². The topological polar surface area (TPSA) is 35.8 Å². The molecular formula is C12H22N2. The van der Waals surface area contributed by atoms with E-state index in [1.54, 1.807) is 0 Å². The number of hydrogen-bond donors (Lipinski definition) is 1. The van der Waals surface area contributed by atoms with Crippen LogP contribution in [0.3, 0.4) is 0 Å². The summed E-state index contributed by atoms with van der Waals surface area (Å²) in [5.74, 6) is 0.673. The maximum Gasteiger partial charge on any atom is 0.0703 e. The first-order valence-electron chi connectivity index (χ1n) is 5.54. The maximum absolute atomic E-state index is 8.91. The van der Waals surface area contributed by atoms with Crippen molar-refractivity contribution in [1.82, 2.24) is 5.32 Å². The molecule has 0 aromatic carbocycles. The summed E-state index contributed by atoms with van der Waals surface area (Å²) in [4.78, 5) is 0. The molecule has 0 bridgehead atoms. The number of nitriles is 1. The highest BCUT2D eigenvalue weighted by atomic mass is 14.9. The van der Waals surface area contributed by atoms with E-state index in [9.17, 15) is 0 Å². The molecule has 2 nitrogen and oxygen atoms in total. The highest BCUT2D eigenvalue weighted by Gasteiger charge is 2.42. The van der Waals surface area contributed by atoms with Gasteiger partial charge in [-0.1, -0.05) is 27.7 Å². The van der Waals surface area contributed by atoms with Gasteiger partial charge >= 0.3 is 0 Å². The maximum atomic E-state index is 8.91. The van der Waals surface area contributed by atoms with Crippen molar-refractivity contribution in [2.75, 3.05) is 13.1 Å². The lowest BCUT2D eigenvalue weighted by Crippen LogP contribution is -2.36. The summed E-state index contributed by atoms with van der Waals surface area (Å²) in [6, 6.07) is 2.41. The fourth-order valence-electron chi connectivity index (χ4n) is 1.31. The first kappa shape index (κ1) is 11.5. The van der Waals surface area contributed by atoms with Gasteiger partial charge in [0, 0.05) is 13.1 Å². The Morgan fingerprint density at radius 3 is 2.36 bits per heavy atom. The normalized spacial score (nSPS) is 19.4. The van der Waals surface area contributed by atoms with Crippen molar-refractivity contribution in [3.63, 3.8) is 0 Å². The van der Waals surface area contributed by atoms with E-state index < -0.39 is 0 Å². The van der Waals surface area contributed by atoms with Gasteiger partial charge in [-0.3, -0.25) is 0 Å². The Balaban J connectivity index is 2.25. The molecule has 0 unspecified atom stereocenters. The van der Waals surface area contributed by atoms with Gasteiger partial charge < -0.3 is 5.32 Å². The van der Waals surface area contributed by atoms with Crippen LogP contribution in [0.25, 0.3) is 0 Å². The number of nitrogens with one attached hydrogen (secondary N) is 1. The minimum atomic E-state index is -0.00689. The zero-order valence-electron chi connectivity index (χ0n) is 9.85. The van der Waals surface area contributed by atoms with E-state index in [2.05, 4.69) is 39.1 Å². The highest BCUT2D eigenvalue weighted by Crippen LogP contribution is 2.44. The van der Waals surface area contributed by atoms with Crippen molar-refractivity contribution in [2.24, 2.45) is 16.7 Å². The second-order valence-electron chi connectivity index (χ2n) is 5.64. The lowest BCUT2D eigenvalue weighted by Gasteiger charge is -2.29. The van der Waals surface area contributed by atoms with Crippen molar-refractivity contribution in [2.45, 2.75) is 40.5 Å². The molecule has 1 N–H and O–H groups in total. The summed E-state index contributed by atoms with van der Waals surface area (Å²) in [7, 11) is 0. The van der Waals surface area contributed by atoms with Crippen LogP contribution in [0, 0.1) is 28.1 Å². The van der Waals surface area contributed by atoms with E-state index in [1.165, 1.54) is 0 Å². The predicted molar refractivity (Wildman–Crippen MR) is 58.8 cm³/mol. The van der Waals surface area contributed by atoms with Crippen LogP contribution in [0.1, 0.15) is 40.5 Å². The van der Waals surface area contributed by atoms with Gasteiger partial charge in [-0.25, -0.2) is 0 Å². The molecule has 1 aliphatic rings. The highest BCUT2D eigenvalue weighted by molar-refractivity contribution is 5.11. The molecular weight excluding hydrogens is 172 g/mol. The fourth-order valence-corrected chi connectivity index (χ4v) is 1.31.